The first-order valence-corrected chi connectivity index (χ1v) is 8.25. The van der Waals surface area contributed by atoms with E-state index in [0.717, 1.165) is 12.8 Å². The fourth-order valence-corrected chi connectivity index (χ4v) is 4.51. The first-order chi connectivity index (χ1) is 9.36. The van der Waals surface area contributed by atoms with E-state index in [1.165, 1.54) is 13.2 Å². The smallest absolute Gasteiger partial charge is 0.245 e. The Bertz CT molecular complexity index is 586. The van der Waals surface area contributed by atoms with Crippen LogP contribution in [-0.4, -0.2) is 32.4 Å². The van der Waals surface area contributed by atoms with Crippen LogP contribution in [0.2, 0.25) is 0 Å². The standard InChI is InChI=1S/C14H22N2O3S/c1-10-6-7-16(11(2)8-10)20(17,18)14-5-4-12(19-3)9-13(14)15/h4-5,9-11H,6-8,15H2,1-3H3. The Morgan fingerprint density at radius 2 is 2.05 bits per heavy atom. The van der Waals surface area contributed by atoms with E-state index in [9.17, 15) is 8.42 Å². The Balaban J connectivity index is 2.35. The van der Waals surface area contributed by atoms with Crippen molar-refractivity contribution in [2.45, 2.75) is 37.6 Å². The van der Waals surface area contributed by atoms with Gasteiger partial charge in [0, 0.05) is 18.7 Å². The topological polar surface area (TPSA) is 72.6 Å². The maximum Gasteiger partial charge on any atom is 0.245 e. The molecule has 1 heterocycles. The number of methoxy groups -OCH3 is 1. The van der Waals surface area contributed by atoms with Crippen LogP contribution in [0.3, 0.4) is 0 Å². The van der Waals surface area contributed by atoms with E-state index in [1.807, 2.05) is 6.92 Å². The van der Waals surface area contributed by atoms with Crippen molar-refractivity contribution in [2.24, 2.45) is 5.92 Å². The molecule has 0 bridgehead atoms. The van der Waals surface area contributed by atoms with Gasteiger partial charge in [-0.25, -0.2) is 8.42 Å². The van der Waals surface area contributed by atoms with Crippen molar-refractivity contribution in [1.29, 1.82) is 0 Å². The maximum absolute atomic E-state index is 12.7. The molecule has 6 heteroatoms. The number of sulfonamides is 1. The third-order valence-corrected chi connectivity index (χ3v) is 5.97. The molecule has 20 heavy (non-hydrogen) atoms. The average Bonchev–Trinajstić information content (AvgIpc) is 2.37. The number of benzene rings is 1. The summed E-state index contributed by atoms with van der Waals surface area (Å²) in [6, 6.07) is 4.70. The predicted molar refractivity (Wildman–Crippen MR) is 79.2 cm³/mol. The normalized spacial score (nSPS) is 24.6. The minimum atomic E-state index is -3.54. The Morgan fingerprint density at radius 1 is 1.35 bits per heavy atom. The molecule has 2 atom stereocenters. The Morgan fingerprint density at radius 3 is 2.60 bits per heavy atom. The average molecular weight is 298 g/mol. The second-order valence-electron chi connectivity index (χ2n) is 5.50. The molecule has 112 valence electrons. The molecule has 1 aromatic rings. The highest BCUT2D eigenvalue weighted by molar-refractivity contribution is 7.89. The number of nitrogen functional groups attached to an aromatic ring is 1. The monoisotopic (exact) mass is 298 g/mol. The van der Waals surface area contributed by atoms with Crippen LogP contribution in [0.15, 0.2) is 23.1 Å². The van der Waals surface area contributed by atoms with Crippen molar-refractivity contribution in [2.75, 3.05) is 19.4 Å². The number of rotatable bonds is 3. The van der Waals surface area contributed by atoms with Gasteiger partial charge in [0.15, 0.2) is 0 Å². The van der Waals surface area contributed by atoms with Crippen molar-refractivity contribution in [3.05, 3.63) is 18.2 Å². The first kappa shape index (κ1) is 15.1. The molecule has 1 aliphatic rings. The quantitative estimate of drug-likeness (QED) is 0.867. The molecular weight excluding hydrogens is 276 g/mol. The fraction of sp³-hybridized carbons (Fsp3) is 0.571. The molecule has 2 unspecified atom stereocenters. The molecule has 1 aromatic carbocycles. The van der Waals surface area contributed by atoms with Gasteiger partial charge in [-0.1, -0.05) is 6.92 Å². The molecule has 2 N–H and O–H groups in total. The second kappa shape index (κ2) is 5.61. The van der Waals surface area contributed by atoms with Crippen LogP contribution in [0.1, 0.15) is 26.7 Å². The number of nitrogens with two attached hydrogens (primary N) is 1. The molecule has 0 saturated carbocycles. The zero-order chi connectivity index (χ0) is 14.9. The van der Waals surface area contributed by atoms with Gasteiger partial charge in [-0.05, 0) is 37.8 Å². The van der Waals surface area contributed by atoms with Crippen LogP contribution in [0.25, 0.3) is 0 Å². The van der Waals surface area contributed by atoms with E-state index in [4.69, 9.17) is 10.5 Å². The summed E-state index contributed by atoms with van der Waals surface area (Å²) in [6.07, 6.45) is 1.77. The van der Waals surface area contributed by atoms with Gasteiger partial charge >= 0.3 is 0 Å². The lowest BCUT2D eigenvalue weighted by molar-refractivity contribution is 0.220. The summed E-state index contributed by atoms with van der Waals surface area (Å²) in [7, 11) is -2.01. The highest BCUT2D eigenvalue weighted by Crippen LogP contribution is 2.31. The van der Waals surface area contributed by atoms with Crippen molar-refractivity contribution in [3.8, 4) is 5.75 Å². The SMILES string of the molecule is COc1ccc(S(=O)(=O)N2CCC(C)CC2C)c(N)c1. The second-order valence-corrected chi connectivity index (χ2v) is 7.36. The predicted octanol–water partition coefficient (Wildman–Crippen LogP) is 2.09. The van der Waals surface area contributed by atoms with Crippen LogP contribution in [0, 0.1) is 5.92 Å². The van der Waals surface area contributed by atoms with Gasteiger partial charge in [-0.2, -0.15) is 4.31 Å². The van der Waals surface area contributed by atoms with E-state index in [0.29, 0.717) is 18.2 Å². The van der Waals surface area contributed by atoms with E-state index in [1.54, 1.807) is 16.4 Å². The summed E-state index contributed by atoms with van der Waals surface area (Å²) in [5, 5.41) is 0. The first-order valence-electron chi connectivity index (χ1n) is 6.81. The molecule has 0 spiro atoms. The number of nitrogens with zero attached hydrogens (tertiary/aromatic N) is 1. The summed E-state index contributed by atoms with van der Waals surface area (Å²) in [5.41, 5.74) is 6.11. The van der Waals surface area contributed by atoms with Gasteiger partial charge < -0.3 is 10.5 Å². The zero-order valence-electron chi connectivity index (χ0n) is 12.2. The van der Waals surface area contributed by atoms with Gasteiger partial charge in [0.25, 0.3) is 0 Å². The van der Waals surface area contributed by atoms with Gasteiger partial charge in [0.1, 0.15) is 10.6 Å². The largest absolute Gasteiger partial charge is 0.497 e. The van der Waals surface area contributed by atoms with Crippen molar-refractivity contribution in [3.63, 3.8) is 0 Å². The maximum atomic E-state index is 12.7. The van der Waals surface area contributed by atoms with Crippen LogP contribution >= 0.6 is 0 Å². The lowest BCUT2D eigenvalue weighted by atomic mass is 9.95. The summed E-state index contributed by atoms with van der Waals surface area (Å²) in [5.74, 6) is 1.12. The van der Waals surface area contributed by atoms with Gasteiger partial charge in [-0.15, -0.1) is 0 Å². The van der Waals surface area contributed by atoms with Gasteiger partial charge in [-0.3, -0.25) is 0 Å². The van der Waals surface area contributed by atoms with Crippen LogP contribution < -0.4 is 10.5 Å². The molecule has 0 aliphatic carbocycles. The van der Waals surface area contributed by atoms with E-state index >= 15 is 0 Å². The van der Waals surface area contributed by atoms with Gasteiger partial charge in [0.05, 0.1) is 12.8 Å². The van der Waals surface area contributed by atoms with E-state index in [-0.39, 0.29) is 16.6 Å². The van der Waals surface area contributed by atoms with Crippen molar-refractivity contribution in [1.82, 2.24) is 4.31 Å². The van der Waals surface area contributed by atoms with Crippen LogP contribution in [-0.2, 0) is 10.0 Å². The minimum absolute atomic E-state index is 0.00486. The molecule has 5 nitrogen and oxygen atoms in total. The molecule has 1 fully saturated rings. The number of piperidine rings is 1. The molecule has 1 aliphatic heterocycles. The Hall–Kier alpha value is -1.27. The molecule has 2 rings (SSSR count). The number of ether oxygens (including phenoxy) is 1. The summed E-state index contributed by atoms with van der Waals surface area (Å²) >= 11 is 0. The molecule has 1 saturated heterocycles. The summed E-state index contributed by atoms with van der Waals surface area (Å²) in [4.78, 5) is 0.166. The van der Waals surface area contributed by atoms with E-state index < -0.39 is 10.0 Å². The van der Waals surface area contributed by atoms with Crippen LogP contribution in [0.5, 0.6) is 5.75 Å². The van der Waals surface area contributed by atoms with Crippen LogP contribution in [0.4, 0.5) is 5.69 Å². The molecule has 0 aromatic heterocycles. The van der Waals surface area contributed by atoms with Crippen molar-refractivity contribution >= 4 is 15.7 Å². The zero-order valence-corrected chi connectivity index (χ0v) is 13.0. The number of hydrogen-bond donors (Lipinski definition) is 1. The number of anilines is 1. The molecule has 0 radical (unpaired) electrons. The summed E-state index contributed by atoms with van der Waals surface area (Å²) < 4.78 is 32.1. The molecule has 0 amide bonds. The molecular formula is C14H22N2O3S. The Labute approximate surface area is 120 Å². The lowest BCUT2D eigenvalue weighted by Crippen LogP contribution is -2.44. The third kappa shape index (κ3) is 2.76. The summed E-state index contributed by atoms with van der Waals surface area (Å²) in [6.45, 7) is 4.66. The third-order valence-electron chi connectivity index (χ3n) is 3.88. The minimum Gasteiger partial charge on any atom is -0.497 e. The highest BCUT2D eigenvalue weighted by atomic mass is 32.2. The highest BCUT2D eigenvalue weighted by Gasteiger charge is 2.34. The van der Waals surface area contributed by atoms with Crippen molar-refractivity contribution < 1.29 is 13.2 Å². The van der Waals surface area contributed by atoms with E-state index in [2.05, 4.69) is 6.92 Å². The fourth-order valence-electron chi connectivity index (χ4n) is 2.76. The lowest BCUT2D eigenvalue weighted by Gasteiger charge is -2.35. The number of hydrogen-bond acceptors (Lipinski definition) is 4. The Kier molecular flexibility index (Phi) is 4.25. The van der Waals surface area contributed by atoms with Gasteiger partial charge in [0.2, 0.25) is 10.0 Å².